The van der Waals surface area contributed by atoms with Gasteiger partial charge < -0.3 is 34.5 Å². The minimum atomic E-state index is -0.956. The van der Waals surface area contributed by atoms with Gasteiger partial charge in [-0.2, -0.15) is 0 Å². The zero-order chi connectivity index (χ0) is 38.8. The Hall–Kier alpha value is -1.91. The summed E-state index contributed by atoms with van der Waals surface area (Å²) in [7, 11) is 0. The Morgan fingerprint density at radius 1 is 0.865 bits per heavy atom. The highest BCUT2D eigenvalue weighted by atomic mass is 16.6. The van der Waals surface area contributed by atoms with Crippen molar-refractivity contribution >= 4 is 18.0 Å². The molecule has 1 heterocycles. The molecular weight excluding hydrogens is 662 g/mol. The van der Waals surface area contributed by atoms with Gasteiger partial charge in [0.05, 0.1) is 23.4 Å². The van der Waals surface area contributed by atoms with Gasteiger partial charge in [-0.05, 0) is 133 Å². The number of aliphatic hydroxyl groups excluding tert-OH is 1. The summed E-state index contributed by atoms with van der Waals surface area (Å²) in [4.78, 5) is 39.4. The fourth-order valence-corrected chi connectivity index (χ4v) is 13.8. The van der Waals surface area contributed by atoms with Crippen LogP contribution < -0.4 is 5.32 Å². The fourth-order valence-electron chi connectivity index (χ4n) is 13.8. The lowest BCUT2D eigenvalue weighted by atomic mass is 9.41. The SMILES string of the molecule is CC(=O)O[C@H]1CC2[C@]3(CC[C@]4(C)[C@@H]([C@@]5(C)CC[C@@H](C(C)(C)O)O5)[C@@H](O)C[C@@]24C)C[C@@]32CC[C@H](OC(=O)[C@@H](NC(=O)OC(C)(C)C)C(C)C)C(C)(C)[C@H]12. The first-order valence-electron chi connectivity index (χ1n) is 20.1. The van der Waals surface area contributed by atoms with Crippen molar-refractivity contribution in [2.45, 2.75) is 195 Å². The lowest BCUT2D eigenvalue weighted by Gasteiger charge is -2.64. The smallest absolute Gasteiger partial charge is 0.408 e. The Balaban J connectivity index is 1.28. The highest BCUT2D eigenvalue weighted by Gasteiger charge is 2.85. The number of esters is 2. The Bertz CT molecular complexity index is 1450. The minimum absolute atomic E-state index is 0.0127. The number of carbonyl (C=O) groups is 3. The zero-order valence-corrected chi connectivity index (χ0v) is 34.3. The summed E-state index contributed by atoms with van der Waals surface area (Å²) < 4.78 is 24.9. The monoisotopic (exact) mass is 731 g/mol. The molecule has 1 unspecified atom stereocenters. The first-order valence-corrected chi connectivity index (χ1v) is 20.1. The van der Waals surface area contributed by atoms with Crippen LogP contribution in [0.2, 0.25) is 0 Å². The first-order chi connectivity index (χ1) is 23.7. The summed E-state index contributed by atoms with van der Waals surface area (Å²) in [6.07, 6.45) is 5.32. The van der Waals surface area contributed by atoms with Crippen molar-refractivity contribution in [1.82, 2.24) is 5.32 Å². The Labute approximate surface area is 312 Å². The molecule has 10 heteroatoms. The molecule has 0 radical (unpaired) electrons. The maximum absolute atomic E-state index is 13.8. The number of fused-ring (bicyclic) bond motifs is 2. The summed E-state index contributed by atoms with van der Waals surface area (Å²) in [6, 6.07) is -0.865. The number of ether oxygens (including phenoxy) is 4. The van der Waals surface area contributed by atoms with Crippen LogP contribution >= 0.6 is 0 Å². The van der Waals surface area contributed by atoms with Gasteiger partial charge in [0.15, 0.2) is 0 Å². The number of amides is 1. The maximum Gasteiger partial charge on any atom is 0.408 e. The van der Waals surface area contributed by atoms with Crippen molar-refractivity contribution < 1.29 is 43.5 Å². The van der Waals surface area contributed by atoms with Gasteiger partial charge in [-0.3, -0.25) is 4.79 Å². The largest absolute Gasteiger partial charge is 0.462 e. The van der Waals surface area contributed by atoms with Gasteiger partial charge in [-0.1, -0.05) is 41.5 Å². The fraction of sp³-hybridized carbons (Fsp3) is 0.929. The molecule has 10 nitrogen and oxygen atoms in total. The number of carbonyl (C=O) groups excluding carboxylic acids is 3. The zero-order valence-electron chi connectivity index (χ0n) is 34.3. The number of nitrogens with one attached hydrogen (secondary N) is 1. The van der Waals surface area contributed by atoms with E-state index in [2.05, 4.69) is 39.9 Å². The van der Waals surface area contributed by atoms with Gasteiger partial charge in [0.1, 0.15) is 23.9 Å². The molecule has 0 aromatic carbocycles. The van der Waals surface area contributed by atoms with Crippen LogP contribution in [-0.4, -0.2) is 75.5 Å². The third-order valence-electron chi connectivity index (χ3n) is 15.9. The van der Waals surface area contributed by atoms with E-state index in [1.165, 1.54) is 6.92 Å². The van der Waals surface area contributed by atoms with Gasteiger partial charge in [0.2, 0.25) is 0 Å². The van der Waals surface area contributed by atoms with Gasteiger partial charge >= 0.3 is 18.0 Å². The van der Waals surface area contributed by atoms with Crippen molar-refractivity contribution in [2.75, 3.05) is 0 Å². The van der Waals surface area contributed by atoms with Crippen molar-refractivity contribution in [3.8, 4) is 0 Å². The van der Waals surface area contributed by atoms with Crippen LogP contribution in [0.15, 0.2) is 0 Å². The van der Waals surface area contributed by atoms with Crippen LogP contribution in [0.1, 0.15) is 148 Å². The molecule has 1 saturated heterocycles. The third kappa shape index (κ3) is 5.93. The number of hydrogen-bond acceptors (Lipinski definition) is 9. The highest BCUT2D eigenvalue weighted by molar-refractivity contribution is 5.82. The highest BCUT2D eigenvalue weighted by Crippen LogP contribution is 2.89. The van der Waals surface area contributed by atoms with E-state index in [4.69, 9.17) is 18.9 Å². The molecular formula is C42H69NO9. The maximum atomic E-state index is 13.8. The van der Waals surface area contributed by atoms with Crippen molar-refractivity contribution in [2.24, 2.45) is 50.7 Å². The summed E-state index contributed by atoms with van der Waals surface area (Å²) in [5.74, 6) is -0.839. The summed E-state index contributed by atoms with van der Waals surface area (Å²) >= 11 is 0. The van der Waals surface area contributed by atoms with E-state index in [-0.39, 0.29) is 63.5 Å². The average Bonchev–Trinajstić information content (AvgIpc) is 3.33. The van der Waals surface area contributed by atoms with E-state index in [9.17, 15) is 24.6 Å². The quantitative estimate of drug-likeness (QED) is 0.185. The van der Waals surface area contributed by atoms with E-state index < -0.39 is 52.5 Å². The van der Waals surface area contributed by atoms with Crippen LogP contribution in [0.3, 0.4) is 0 Å². The second-order valence-electron chi connectivity index (χ2n) is 21.3. The topological polar surface area (TPSA) is 141 Å². The van der Waals surface area contributed by atoms with Crippen LogP contribution in [-0.2, 0) is 28.5 Å². The molecule has 296 valence electrons. The predicted octanol–water partition coefficient (Wildman–Crippen LogP) is 7.11. The Morgan fingerprint density at radius 3 is 2.08 bits per heavy atom. The molecule has 0 aromatic rings. The molecule has 13 atom stereocenters. The molecule has 2 spiro atoms. The molecule has 52 heavy (non-hydrogen) atoms. The second-order valence-corrected chi connectivity index (χ2v) is 21.3. The number of rotatable bonds is 7. The molecule has 3 N–H and O–H groups in total. The molecule has 1 amide bonds. The van der Waals surface area contributed by atoms with Crippen molar-refractivity contribution in [3.63, 3.8) is 0 Å². The van der Waals surface area contributed by atoms with Gasteiger partial charge in [0.25, 0.3) is 0 Å². The molecule has 6 fully saturated rings. The van der Waals surface area contributed by atoms with E-state index in [1.54, 1.807) is 20.8 Å². The molecule has 6 aliphatic rings. The van der Waals surface area contributed by atoms with Crippen LogP contribution in [0.5, 0.6) is 0 Å². The molecule has 5 saturated carbocycles. The normalized spacial score (nSPS) is 45.5. The summed E-state index contributed by atoms with van der Waals surface area (Å²) in [5.41, 5.74) is -3.16. The second kappa shape index (κ2) is 12.3. The first kappa shape index (κ1) is 39.8. The molecule has 5 aliphatic carbocycles. The average molecular weight is 732 g/mol. The molecule has 1 aliphatic heterocycles. The van der Waals surface area contributed by atoms with Gasteiger partial charge in [-0.25, -0.2) is 9.59 Å². The lowest BCUT2D eigenvalue weighted by molar-refractivity contribution is -0.224. The predicted molar refractivity (Wildman–Crippen MR) is 196 cm³/mol. The number of aliphatic hydroxyl groups is 2. The summed E-state index contributed by atoms with van der Waals surface area (Å²) in [6.45, 7) is 25.5. The van der Waals surface area contributed by atoms with E-state index in [0.29, 0.717) is 19.3 Å². The minimum Gasteiger partial charge on any atom is -0.462 e. The molecule has 6 rings (SSSR count). The molecule has 0 aromatic heterocycles. The Morgan fingerprint density at radius 2 is 1.52 bits per heavy atom. The van der Waals surface area contributed by atoms with Crippen molar-refractivity contribution in [1.29, 1.82) is 0 Å². The van der Waals surface area contributed by atoms with Crippen LogP contribution in [0, 0.1) is 50.7 Å². The van der Waals surface area contributed by atoms with Gasteiger partial charge in [0, 0.05) is 24.2 Å². The lowest BCUT2D eigenvalue weighted by Crippen LogP contribution is -2.63. The van der Waals surface area contributed by atoms with Crippen LogP contribution in [0.25, 0.3) is 0 Å². The standard InChI is InChI=1S/C42H69NO9/c1-23(2)30(43-34(47)52-35(4,5)6)33(46)50-28-15-17-42-22-41(42)19-18-38(11)31(40(13)16-14-29(51-40)37(9,10)48)25(45)21-39(38,12)27(41)20-26(49-24(3)44)32(42)36(28,7)8/h23,25-32,45,48H,14-22H2,1-13H3,(H,43,47)/t25-,26-,27?,28-,29-,30-,31-,32-,38+,39-,40+,41-,42+/m0/s1. The van der Waals surface area contributed by atoms with Gasteiger partial charge in [-0.15, -0.1) is 0 Å². The third-order valence-corrected chi connectivity index (χ3v) is 15.9. The Kier molecular flexibility index (Phi) is 9.40. The summed E-state index contributed by atoms with van der Waals surface area (Å²) in [5, 5.41) is 25.7. The number of alkyl carbamates (subject to hydrolysis) is 1. The number of hydrogen-bond donors (Lipinski definition) is 3. The van der Waals surface area contributed by atoms with Crippen molar-refractivity contribution in [3.05, 3.63) is 0 Å². The van der Waals surface area contributed by atoms with E-state index >= 15 is 0 Å². The van der Waals surface area contributed by atoms with E-state index in [0.717, 1.165) is 38.5 Å². The van der Waals surface area contributed by atoms with Crippen LogP contribution in [0.4, 0.5) is 4.79 Å². The molecule has 0 bridgehead atoms. The van der Waals surface area contributed by atoms with E-state index in [1.807, 2.05) is 27.7 Å².